The first kappa shape index (κ1) is 15.8. The summed E-state index contributed by atoms with van der Waals surface area (Å²) in [5.41, 5.74) is 6.42. The average Bonchev–Trinajstić information content (AvgIpc) is 2.52. The predicted molar refractivity (Wildman–Crippen MR) is 88.2 cm³/mol. The van der Waals surface area contributed by atoms with E-state index in [-0.39, 0.29) is 12.5 Å². The van der Waals surface area contributed by atoms with Gasteiger partial charge < -0.3 is 4.74 Å². The fraction of sp³-hybridized carbons (Fsp3) is 0.222. The van der Waals surface area contributed by atoms with E-state index in [1.54, 1.807) is 0 Å². The minimum atomic E-state index is -0.283. The number of nitrogens with one attached hydrogen (secondary N) is 1. The molecule has 22 heavy (non-hydrogen) atoms. The van der Waals surface area contributed by atoms with E-state index in [0.717, 1.165) is 16.8 Å². The molecule has 0 spiro atoms. The molecule has 4 nitrogen and oxygen atoms in total. The van der Waals surface area contributed by atoms with Gasteiger partial charge in [0.05, 0.1) is 5.71 Å². The minimum absolute atomic E-state index is 0.0600. The van der Waals surface area contributed by atoms with Gasteiger partial charge in [0.2, 0.25) is 0 Å². The largest absolute Gasteiger partial charge is 0.483 e. The smallest absolute Gasteiger partial charge is 0.277 e. The van der Waals surface area contributed by atoms with E-state index in [2.05, 4.69) is 10.5 Å². The van der Waals surface area contributed by atoms with Gasteiger partial charge in [-0.25, -0.2) is 5.43 Å². The minimum Gasteiger partial charge on any atom is -0.483 e. The first-order valence-corrected chi connectivity index (χ1v) is 7.15. The summed E-state index contributed by atoms with van der Waals surface area (Å²) in [5, 5.41) is 4.10. The van der Waals surface area contributed by atoms with Crippen molar-refractivity contribution in [1.82, 2.24) is 5.43 Å². The Kier molecular flexibility index (Phi) is 5.31. The summed E-state index contributed by atoms with van der Waals surface area (Å²) in [6, 6.07) is 15.6. The molecule has 0 heterocycles. The number of hydrogen-bond donors (Lipinski definition) is 1. The number of ether oxygens (including phenoxy) is 1. The van der Waals surface area contributed by atoms with Crippen LogP contribution < -0.4 is 10.2 Å². The highest BCUT2D eigenvalue weighted by molar-refractivity contribution is 5.99. The van der Waals surface area contributed by atoms with Crippen molar-refractivity contribution in [2.75, 3.05) is 6.61 Å². The number of hydrogen-bond acceptors (Lipinski definition) is 3. The molecule has 0 aliphatic heterocycles. The monoisotopic (exact) mass is 296 g/mol. The van der Waals surface area contributed by atoms with Crippen molar-refractivity contribution in [1.29, 1.82) is 0 Å². The fourth-order valence-electron chi connectivity index (χ4n) is 1.90. The van der Waals surface area contributed by atoms with E-state index in [9.17, 15) is 4.79 Å². The third-order valence-corrected chi connectivity index (χ3v) is 3.27. The van der Waals surface area contributed by atoms with Gasteiger partial charge in [-0.2, -0.15) is 5.10 Å². The second-order valence-corrected chi connectivity index (χ2v) is 5.15. The third kappa shape index (κ3) is 4.45. The Morgan fingerprint density at radius 1 is 1.09 bits per heavy atom. The van der Waals surface area contributed by atoms with E-state index in [1.165, 1.54) is 5.56 Å². The number of hydrazone groups is 1. The highest BCUT2D eigenvalue weighted by Crippen LogP contribution is 2.15. The van der Waals surface area contributed by atoms with Crippen molar-refractivity contribution in [3.63, 3.8) is 0 Å². The molecule has 0 bridgehead atoms. The maximum Gasteiger partial charge on any atom is 0.277 e. The Balaban J connectivity index is 1.88. The molecule has 0 fully saturated rings. The number of carbonyl (C=O) groups excluding carboxylic acids is 1. The van der Waals surface area contributed by atoms with Crippen molar-refractivity contribution < 1.29 is 9.53 Å². The molecular formula is C18H20N2O2. The predicted octanol–water partition coefficient (Wildman–Crippen LogP) is 3.22. The molecule has 0 atom stereocenters. The number of para-hydroxylation sites is 1. The summed E-state index contributed by atoms with van der Waals surface area (Å²) in [7, 11) is 0. The molecule has 1 N–H and O–H groups in total. The summed E-state index contributed by atoms with van der Waals surface area (Å²) in [4.78, 5) is 11.8. The lowest BCUT2D eigenvalue weighted by Crippen LogP contribution is -2.25. The molecule has 0 saturated heterocycles. The zero-order valence-corrected chi connectivity index (χ0v) is 13.1. The second-order valence-electron chi connectivity index (χ2n) is 5.15. The zero-order valence-electron chi connectivity index (χ0n) is 13.1. The number of amides is 1. The quantitative estimate of drug-likeness (QED) is 0.680. The zero-order chi connectivity index (χ0) is 15.9. The molecule has 0 aliphatic rings. The van der Waals surface area contributed by atoms with Gasteiger partial charge in [0.15, 0.2) is 6.61 Å². The lowest BCUT2D eigenvalue weighted by molar-refractivity contribution is -0.123. The van der Waals surface area contributed by atoms with Gasteiger partial charge in [-0.3, -0.25) is 4.79 Å². The van der Waals surface area contributed by atoms with Crippen LogP contribution in [0.1, 0.15) is 23.6 Å². The third-order valence-electron chi connectivity index (χ3n) is 3.27. The SMILES string of the molecule is CC(=NNC(=O)COc1ccccc1C)c1ccc(C)cc1. The lowest BCUT2D eigenvalue weighted by atomic mass is 10.1. The first-order valence-electron chi connectivity index (χ1n) is 7.15. The van der Waals surface area contributed by atoms with Crippen LogP contribution in [0.2, 0.25) is 0 Å². The lowest BCUT2D eigenvalue weighted by Gasteiger charge is -2.08. The maximum absolute atomic E-state index is 11.8. The van der Waals surface area contributed by atoms with Crippen LogP contribution in [0.15, 0.2) is 53.6 Å². The van der Waals surface area contributed by atoms with Crippen molar-refractivity contribution in [3.8, 4) is 5.75 Å². The Bertz CT molecular complexity index is 676. The standard InChI is InChI=1S/C18H20N2O2/c1-13-8-10-16(11-9-13)15(3)19-20-18(21)12-22-17-7-5-4-6-14(17)2/h4-11H,12H2,1-3H3,(H,20,21). The molecule has 2 rings (SSSR count). The second kappa shape index (κ2) is 7.41. The molecule has 0 unspecified atom stereocenters. The van der Waals surface area contributed by atoms with Crippen molar-refractivity contribution in [3.05, 3.63) is 65.2 Å². The van der Waals surface area contributed by atoms with Gasteiger partial charge in [-0.1, -0.05) is 48.0 Å². The van der Waals surface area contributed by atoms with E-state index in [1.807, 2.05) is 69.3 Å². The van der Waals surface area contributed by atoms with Crippen LogP contribution in [0.4, 0.5) is 0 Å². The van der Waals surface area contributed by atoms with Crippen LogP contribution in [0, 0.1) is 13.8 Å². The van der Waals surface area contributed by atoms with Gasteiger partial charge in [0, 0.05) is 0 Å². The van der Waals surface area contributed by atoms with Gasteiger partial charge >= 0.3 is 0 Å². The highest BCUT2D eigenvalue weighted by atomic mass is 16.5. The number of carbonyl (C=O) groups is 1. The molecule has 1 amide bonds. The van der Waals surface area contributed by atoms with Gasteiger partial charge in [-0.05, 0) is 38.0 Å². The van der Waals surface area contributed by atoms with E-state index < -0.39 is 0 Å². The van der Waals surface area contributed by atoms with E-state index in [4.69, 9.17) is 4.74 Å². The fourth-order valence-corrected chi connectivity index (χ4v) is 1.90. The average molecular weight is 296 g/mol. The van der Waals surface area contributed by atoms with E-state index in [0.29, 0.717) is 5.75 Å². The molecule has 4 heteroatoms. The van der Waals surface area contributed by atoms with Crippen molar-refractivity contribution in [2.24, 2.45) is 5.10 Å². The number of benzene rings is 2. The highest BCUT2D eigenvalue weighted by Gasteiger charge is 2.04. The normalized spacial score (nSPS) is 11.1. The number of aryl methyl sites for hydroxylation is 2. The van der Waals surface area contributed by atoms with Crippen molar-refractivity contribution in [2.45, 2.75) is 20.8 Å². The molecule has 114 valence electrons. The molecule has 0 saturated carbocycles. The summed E-state index contributed by atoms with van der Waals surface area (Å²) >= 11 is 0. The summed E-state index contributed by atoms with van der Waals surface area (Å²) < 4.78 is 5.47. The molecule has 0 radical (unpaired) electrons. The first-order chi connectivity index (χ1) is 10.6. The van der Waals surface area contributed by atoms with Crippen LogP contribution in [0.5, 0.6) is 5.75 Å². The Labute approximate surface area is 130 Å². The van der Waals surface area contributed by atoms with Crippen LogP contribution in [0.25, 0.3) is 0 Å². The molecule has 0 aliphatic carbocycles. The summed E-state index contributed by atoms with van der Waals surface area (Å²) in [6.45, 7) is 5.76. The Hall–Kier alpha value is -2.62. The molecule has 0 aromatic heterocycles. The summed E-state index contributed by atoms with van der Waals surface area (Å²) in [5.74, 6) is 0.423. The Morgan fingerprint density at radius 3 is 2.45 bits per heavy atom. The molecular weight excluding hydrogens is 276 g/mol. The van der Waals surface area contributed by atoms with E-state index >= 15 is 0 Å². The maximum atomic E-state index is 11.8. The van der Waals surface area contributed by atoms with Crippen LogP contribution in [-0.2, 0) is 4.79 Å². The van der Waals surface area contributed by atoms with Crippen LogP contribution in [-0.4, -0.2) is 18.2 Å². The summed E-state index contributed by atoms with van der Waals surface area (Å²) in [6.07, 6.45) is 0. The number of rotatable bonds is 5. The van der Waals surface area contributed by atoms with Gasteiger partial charge in [0.25, 0.3) is 5.91 Å². The van der Waals surface area contributed by atoms with Crippen molar-refractivity contribution >= 4 is 11.6 Å². The Morgan fingerprint density at radius 2 is 1.77 bits per heavy atom. The molecule has 2 aromatic rings. The van der Waals surface area contributed by atoms with Crippen LogP contribution >= 0.6 is 0 Å². The topological polar surface area (TPSA) is 50.7 Å². The molecule has 2 aromatic carbocycles. The van der Waals surface area contributed by atoms with Gasteiger partial charge in [-0.15, -0.1) is 0 Å². The van der Waals surface area contributed by atoms with Crippen LogP contribution in [0.3, 0.4) is 0 Å². The van der Waals surface area contributed by atoms with Gasteiger partial charge in [0.1, 0.15) is 5.75 Å². The number of nitrogens with zero attached hydrogens (tertiary/aromatic N) is 1.